The first-order valence-electron chi connectivity index (χ1n) is 14.9. The molecule has 0 radical (unpaired) electrons. The fraction of sp³-hybridized carbons (Fsp3) is 0.216. The average Bonchev–Trinajstić information content (AvgIpc) is 3.38. The molecule has 0 unspecified atom stereocenters. The molecule has 0 spiro atoms. The highest BCUT2D eigenvalue weighted by Gasteiger charge is 2.48. The molecule has 0 aliphatic carbocycles. The van der Waals surface area contributed by atoms with Gasteiger partial charge in [-0.15, -0.1) is 0 Å². The maximum absolute atomic E-state index is 13.9. The summed E-state index contributed by atoms with van der Waals surface area (Å²) in [6.45, 7) is 5.86. The van der Waals surface area contributed by atoms with Crippen molar-refractivity contribution in [2.75, 3.05) is 6.54 Å². The highest BCUT2D eigenvalue weighted by molar-refractivity contribution is 5.93. The van der Waals surface area contributed by atoms with Crippen LogP contribution in [0.25, 0.3) is 22.6 Å². The molecule has 2 heterocycles. The Balaban J connectivity index is 1.31. The maximum atomic E-state index is 13.9. The number of hydrogen-bond acceptors (Lipinski definition) is 6. The van der Waals surface area contributed by atoms with E-state index in [2.05, 4.69) is 0 Å². The van der Waals surface area contributed by atoms with Crippen molar-refractivity contribution in [3.63, 3.8) is 0 Å². The third-order valence-corrected chi connectivity index (χ3v) is 7.56. The lowest BCUT2D eigenvalue weighted by Gasteiger charge is -2.43. The molecule has 4 aromatic carbocycles. The maximum Gasteiger partial charge on any atom is 0.420 e. The largest absolute Gasteiger partial charge is 0.489 e. The summed E-state index contributed by atoms with van der Waals surface area (Å²) in [6.07, 6.45) is 0. The second kappa shape index (κ2) is 12.3. The molecule has 8 nitrogen and oxygen atoms in total. The van der Waals surface area contributed by atoms with Gasteiger partial charge in [-0.1, -0.05) is 103 Å². The smallest absolute Gasteiger partial charge is 0.420 e. The number of β-lactam (4-membered cyclic amide) rings is 1. The first-order chi connectivity index (χ1) is 21.7. The van der Waals surface area contributed by atoms with E-state index in [0.717, 1.165) is 16.7 Å². The van der Waals surface area contributed by atoms with Gasteiger partial charge in [-0.3, -0.25) is 9.36 Å². The van der Waals surface area contributed by atoms with Gasteiger partial charge >= 0.3 is 11.7 Å². The first-order valence-corrected chi connectivity index (χ1v) is 14.9. The fourth-order valence-electron chi connectivity index (χ4n) is 5.47. The van der Waals surface area contributed by atoms with Crippen LogP contribution in [0.15, 0.2) is 124 Å². The summed E-state index contributed by atoms with van der Waals surface area (Å²) in [5.74, 6) is -0.563. The average molecular weight is 603 g/mol. The monoisotopic (exact) mass is 602 g/mol. The molecule has 0 bridgehead atoms. The van der Waals surface area contributed by atoms with Crippen molar-refractivity contribution >= 4 is 11.9 Å². The van der Waals surface area contributed by atoms with Crippen LogP contribution in [0.4, 0.5) is 0 Å². The number of rotatable bonds is 9. The van der Waals surface area contributed by atoms with E-state index in [-0.39, 0.29) is 12.5 Å². The van der Waals surface area contributed by atoms with Crippen LogP contribution in [0.2, 0.25) is 0 Å². The molecule has 2 atom stereocenters. The summed E-state index contributed by atoms with van der Waals surface area (Å²) in [4.78, 5) is 42.4. The lowest BCUT2D eigenvalue weighted by atomic mass is 9.96. The van der Waals surface area contributed by atoms with Crippen molar-refractivity contribution in [3.05, 3.63) is 137 Å². The molecule has 1 saturated heterocycles. The third-order valence-electron chi connectivity index (χ3n) is 7.56. The van der Waals surface area contributed by atoms with Crippen LogP contribution in [-0.2, 0) is 20.9 Å². The van der Waals surface area contributed by atoms with Gasteiger partial charge < -0.3 is 18.8 Å². The van der Waals surface area contributed by atoms with Crippen molar-refractivity contribution in [1.82, 2.24) is 9.47 Å². The number of carbonyl (C=O) groups excluding carboxylic acids is 2. The fourth-order valence-corrected chi connectivity index (χ4v) is 5.47. The van der Waals surface area contributed by atoms with E-state index >= 15 is 0 Å². The molecule has 1 aliphatic rings. The minimum atomic E-state index is -1.01. The lowest BCUT2D eigenvalue weighted by Crippen LogP contribution is -2.58. The molecule has 0 N–H and O–H groups in total. The SMILES string of the molecule is CC(C)(C)OC(=O)[C@@H](c1ccc(OCc2ccccc2)cc1)N1C[C@H](n2c(-c3ccccc3)c(-c3ccccc3)oc2=O)C1=O. The molecule has 6 rings (SSSR count). The molecular formula is C37H34N2O6. The van der Waals surface area contributed by atoms with Crippen molar-refractivity contribution in [2.45, 2.75) is 45.1 Å². The molecule has 228 valence electrons. The van der Waals surface area contributed by atoms with E-state index in [1.807, 2.05) is 91.0 Å². The van der Waals surface area contributed by atoms with Gasteiger partial charge in [-0.25, -0.2) is 9.59 Å². The predicted molar refractivity (Wildman–Crippen MR) is 170 cm³/mol. The third kappa shape index (κ3) is 6.31. The zero-order valence-corrected chi connectivity index (χ0v) is 25.4. The lowest BCUT2D eigenvalue weighted by molar-refractivity contribution is -0.172. The predicted octanol–water partition coefficient (Wildman–Crippen LogP) is 6.82. The van der Waals surface area contributed by atoms with E-state index < -0.39 is 29.4 Å². The van der Waals surface area contributed by atoms with Gasteiger partial charge in [0.05, 0.1) is 12.2 Å². The second-order valence-electron chi connectivity index (χ2n) is 11.9. The Hall–Kier alpha value is -5.37. The van der Waals surface area contributed by atoms with Crippen molar-refractivity contribution in [1.29, 1.82) is 0 Å². The van der Waals surface area contributed by atoms with Crippen molar-refractivity contribution in [2.24, 2.45) is 0 Å². The van der Waals surface area contributed by atoms with Crippen molar-refractivity contribution < 1.29 is 23.5 Å². The van der Waals surface area contributed by atoms with E-state index in [1.165, 1.54) is 9.47 Å². The summed E-state index contributed by atoms with van der Waals surface area (Å²) in [7, 11) is 0. The highest BCUT2D eigenvalue weighted by atomic mass is 16.6. The Bertz CT molecular complexity index is 1840. The van der Waals surface area contributed by atoms with Gasteiger partial charge in [0, 0.05) is 11.1 Å². The Labute approximate surface area is 261 Å². The second-order valence-corrected chi connectivity index (χ2v) is 11.9. The number of ether oxygens (including phenoxy) is 2. The Morgan fingerprint density at radius 1 is 0.822 bits per heavy atom. The van der Waals surface area contributed by atoms with Gasteiger partial charge in [-0.2, -0.15) is 0 Å². The van der Waals surface area contributed by atoms with E-state index in [0.29, 0.717) is 29.4 Å². The molecule has 1 aliphatic heterocycles. The molecule has 1 fully saturated rings. The summed E-state index contributed by atoms with van der Waals surface area (Å²) in [5, 5.41) is 0. The number of aromatic nitrogens is 1. The number of amides is 1. The van der Waals surface area contributed by atoms with Gasteiger partial charge in [-0.05, 0) is 44.0 Å². The number of hydrogen-bond donors (Lipinski definition) is 0. The Kier molecular flexibility index (Phi) is 8.13. The van der Waals surface area contributed by atoms with E-state index in [4.69, 9.17) is 13.9 Å². The van der Waals surface area contributed by atoms with Crippen LogP contribution < -0.4 is 10.5 Å². The van der Waals surface area contributed by atoms with Gasteiger partial charge in [0.1, 0.15) is 24.0 Å². The summed E-state index contributed by atoms with van der Waals surface area (Å²) >= 11 is 0. The van der Waals surface area contributed by atoms with Crippen LogP contribution in [0.5, 0.6) is 5.75 Å². The Morgan fingerprint density at radius 2 is 1.40 bits per heavy atom. The van der Waals surface area contributed by atoms with Crippen LogP contribution in [0, 0.1) is 0 Å². The topological polar surface area (TPSA) is 91.0 Å². The quantitative estimate of drug-likeness (QED) is 0.136. The highest BCUT2D eigenvalue weighted by Crippen LogP contribution is 2.39. The van der Waals surface area contributed by atoms with Crippen LogP contribution >= 0.6 is 0 Å². The molecule has 8 heteroatoms. The van der Waals surface area contributed by atoms with Gasteiger partial charge in [0.2, 0.25) is 5.91 Å². The molecule has 1 amide bonds. The molecule has 1 aromatic heterocycles. The van der Waals surface area contributed by atoms with Crippen LogP contribution in [0.1, 0.15) is 44.0 Å². The van der Waals surface area contributed by atoms with Crippen LogP contribution in [0.3, 0.4) is 0 Å². The van der Waals surface area contributed by atoms with Gasteiger partial charge in [0.15, 0.2) is 11.8 Å². The zero-order valence-electron chi connectivity index (χ0n) is 25.4. The number of carbonyl (C=O) groups is 2. The summed E-state index contributed by atoms with van der Waals surface area (Å²) in [6, 6.07) is 33.7. The minimum Gasteiger partial charge on any atom is -0.489 e. The molecule has 45 heavy (non-hydrogen) atoms. The summed E-state index contributed by atoms with van der Waals surface area (Å²) in [5.41, 5.74) is 2.81. The molecule has 5 aromatic rings. The normalized spacial score (nSPS) is 15.3. The number of benzene rings is 4. The number of esters is 1. The van der Waals surface area contributed by atoms with E-state index in [9.17, 15) is 14.4 Å². The number of nitrogens with zero attached hydrogens (tertiary/aromatic N) is 2. The Morgan fingerprint density at radius 3 is 1.98 bits per heavy atom. The van der Waals surface area contributed by atoms with E-state index in [1.54, 1.807) is 45.0 Å². The minimum absolute atomic E-state index is 0.114. The van der Waals surface area contributed by atoms with Gasteiger partial charge in [0.25, 0.3) is 0 Å². The number of oxazole rings is 1. The first kappa shape index (κ1) is 29.7. The molecular weight excluding hydrogens is 568 g/mol. The zero-order chi connectivity index (χ0) is 31.6. The van der Waals surface area contributed by atoms with Crippen molar-refractivity contribution in [3.8, 4) is 28.3 Å². The summed E-state index contributed by atoms with van der Waals surface area (Å²) < 4.78 is 18.9. The number of likely N-dealkylation sites (tertiary alicyclic amines) is 1. The van der Waals surface area contributed by atoms with Crippen LogP contribution in [-0.4, -0.2) is 33.5 Å². The standard InChI is InChI=1S/C37H34N2O6/c1-37(2,3)45-35(41)32(27-19-21-29(22-20-27)43-24-25-13-7-4-8-14-25)38-23-30(34(38)40)39-31(26-15-9-5-10-16-26)33(44-36(39)42)28-17-11-6-12-18-28/h4-22,30,32H,23-24H2,1-3H3/t30-,32+/m0/s1. The molecule has 0 saturated carbocycles.